The van der Waals surface area contributed by atoms with E-state index in [0.29, 0.717) is 24.1 Å². The van der Waals surface area contributed by atoms with Gasteiger partial charge >= 0.3 is 5.97 Å². The van der Waals surface area contributed by atoms with Gasteiger partial charge in [0, 0.05) is 13.0 Å². The molecule has 0 N–H and O–H groups in total. The molecule has 0 rings (SSSR count). The van der Waals surface area contributed by atoms with Gasteiger partial charge in [-0.05, 0) is 38.5 Å². The van der Waals surface area contributed by atoms with Gasteiger partial charge in [-0.3, -0.25) is 9.36 Å². The summed E-state index contributed by atoms with van der Waals surface area (Å²) in [6.45, 7) is 5.43. The maximum absolute atomic E-state index is 12.7. The van der Waals surface area contributed by atoms with E-state index in [4.69, 9.17) is 18.5 Å². The largest absolute Gasteiger partial charge is 0.756 e. The molecule has 0 heterocycles. The molecule has 0 aliphatic rings. The zero-order valence-electron chi connectivity index (χ0n) is 37.9. The van der Waals surface area contributed by atoms with Crippen LogP contribution in [0.25, 0.3) is 0 Å². The van der Waals surface area contributed by atoms with Crippen LogP contribution in [0.15, 0.2) is 12.2 Å². The number of carbonyl (C=O) groups excluding carboxylic acids is 1. The van der Waals surface area contributed by atoms with Crippen molar-refractivity contribution in [3.63, 3.8) is 0 Å². The number of hydrogen-bond donors (Lipinski definition) is 0. The molecule has 8 nitrogen and oxygen atoms in total. The minimum atomic E-state index is -4.52. The van der Waals surface area contributed by atoms with Crippen LogP contribution in [0.2, 0.25) is 0 Å². The van der Waals surface area contributed by atoms with Crippen molar-refractivity contribution in [2.75, 3.05) is 54.1 Å². The molecule has 0 aromatic heterocycles. The molecular weight excluding hydrogens is 721 g/mol. The third-order valence-corrected chi connectivity index (χ3v) is 11.5. The van der Waals surface area contributed by atoms with Gasteiger partial charge in [0.15, 0.2) is 0 Å². The van der Waals surface area contributed by atoms with E-state index >= 15 is 0 Å². The van der Waals surface area contributed by atoms with Gasteiger partial charge in [0.25, 0.3) is 7.82 Å². The fourth-order valence-corrected chi connectivity index (χ4v) is 7.57. The third kappa shape index (κ3) is 44.3. The molecule has 0 amide bonds. The predicted octanol–water partition coefficient (Wildman–Crippen LogP) is 13.6. The lowest BCUT2D eigenvalue weighted by Crippen LogP contribution is -2.37. The quantitative estimate of drug-likeness (QED) is 0.0199. The van der Waals surface area contributed by atoms with Crippen molar-refractivity contribution in [1.29, 1.82) is 0 Å². The average Bonchev–Trinajstić information content (AvgIpc) is 3.15. The second kappa shape index (κ2) is 41.0. The summed E-state index contributed by atoms with van der Waals surface area (Å²) in [7, 11) is 1.37. The standard InChI is InChI=1S/C47H94NO7P/c1-6-8-10-12-14-16-18-20-22-23-24-25-26-27-28-30-32-34-36-38-40-47(49)55-46(45-54-56(50,51)53-43-41-48(3,4)5)44-52-42-39-37-35-33-31-29-21-19-17-15-13-11-9-7-2/h17,19,46H,6-16,18,20-45H2,1-5H3/b19-17-. The molecule has 334 valence electrons. The summed E-state index contributed by atoms with van der Waals surface area (Å²) in [6, 6.07) is 0. The Hall–Kier alpha value is -0.760. The molecule has 0 aliphatic carbocycles. The van der Waals surface area contributed by atoms with Crippen LogP contribution in [0.4, 0.5) is 0 Å². The fraction of sp³-hybridized carbons (Fsp3) is 0.936. The van der Waals surface area contributed by atoms with Crippen molar-refractivity contribution >= 4 is 13.8 Å². The zero-order valence-corrected chi connectivity index (χ0v) is 38.7. The smallest absolute Gasteiger partial charge is 0.306 e. The summed E-state index contributed by atoms with van der Waals surface area (Å²) in [5, 5.41) is 0. The Labute approximate surface area is 348 Å². The van der Waals surface area contributed by atoms with Crippen molar-refractivity contribution in [2.24, 2.45) is 0 Å². The molecule has 0 radical (unpaired) electrons. The minimum absolute atomic E-state index is 0.0283. The highest BCUT2D eigenvalue weighted by Crippen LogP contribution is 2.38. The normalized spacial score (nSPS) is 13.8. The van der Waals surface area contributed by atoms with Gasteiger partial charge in [-0.2, -0.15) is 0 Å². The van der Waals surface area contributed by atoms with Crippen LogP contribution >= 0.6 is 7.82 Å². The summed E-state index contributed by atoms with van der Waals surface area (Å²) < 4.78 is 34.7. The average molecular weight is 816 g/mol. The number of quaternary nitrogens is 1. The molecule has 0 aromatic carbocycles. The Morgan fingerprint density at radius 3 is 1.38 bits per heavy atom. The molecule has 2 unspecified atom stereocenters. The van der Waals surface area contributed by atoms with Crippen molar-refractivity contribution < 1.29 is 37.3 Å². The van der Waals surface area contributed by atoms with Gasteiger partial charge in [-0.1, -0.05) is 193 Å². The Morgan fingerprint density at radius 2 is 0.929 bits per heavy atom. The number of unbranched alkanes of at least 4 members (excludes halogenated alkanes) is 29. The SMILES string of the molecule is CCCCCC/C=C\CCCCCCCCOCC(COP(=O)([O-])OCC[N+](C)(C)C)OC(=O)CCCCCCCCCCCCCCCCCCCCCC. The Kier molecular flexibility index (Phi) is 40.4. The Bertz CT molecular complexity index is 909. The van der Waals surface area contributed by atoms with Crippen LogP contribution in [0.1, 0.15) is 226 Å². The number of carbonyl (C=O) groups is 1. The number of esters is 1. The van der Waals surface area contributed by atoms with Crippen LogP contribution in [0.5, 0.6) is 0 Å². The molecule has 0 aromatic rings. The molecule has 9 heteroatoms. The summed E-state index contributed by atoms with van der Waals surface area (Å²) in [5.74, 6) is -0.331. The van der Waals surface area contributed by atoms with Gasteiger partial charge in [-0.15, -0.1) is 0 Å². The van der Waals surface area contributed by atoms with Gasteiger partial charge < -0.3 is 27.9 Å². The molecule has 0 bridgehead atoms. The lowest BCUT2D eigenvalue weighted by molar-refractivity contribution is -0.870. The number of rotatable bonds is 45. The van der Waals surface area contributed by atoms with Crippen LogP contribution in [0.3, 0.4) is 0 Å². The van der Waals surface area contributed by atoms with Crippen LogP contribution in [0, 0.1) is 0 Å². The van der Waals surface area contributed by atoms with Crippen molar-refractivity contribution in [1.82, 2.24) is 0 Å². The van der Waals surface area contributed by atoms with Crippen molar-refractivity contribution in [3.05, 3.63) is 12.2 Å². The number of phosphoric ester groups is 1. The molecule has 0 spiro atoms. The molecular formula is C47H94NO7P. The molecule has 0 saturated heterocycles. The second-order valence-electron chi connectivity index (χ2n) is 17.5. The number of hydrogen-bond acceptors (Lipinski definition) is 7. The summed E-state index contributed by atoms with van der Waals surface area (Å²) >= 11 is 0. The topological polar surface area (TPSA) is 94.1 Å². The van der Waals surface area contributed by atoms with Gasteiger partial charge in [-0.25, -0.2) is 0 Å². The molecule has 0 saturated carbocycles. The summed E-state index contributed by atoms with van der Waals surface area (Å²) in [4.78, 5) is 25.1. The predicted molar refractivity (Wildman–Crippen MR) is 236 cm³/mol. The van der Waals surface area contributed by atoms with E-state index in [9.17, 15) is 14.3 Å². The van der Waals surface area contributed by atoms with Crippen LogP contribution < -0.4 is 4.89 Å². The maximum Gasteiger partial charge on any atom is 0.306 e. The highest BCUT2D eigenvalue weighted by molar-refractivity contribution is 7.45. The summed E-state index contributed by atoms with van der Waals surface area (Å²) in [5.41, 5.74) is 0. The van der Waals surface area contributed by atoms with E-state index in [1.54, 1.807) is 0 Å². The van der Waals surface area contributed by atoms with Gasteiger partial charge in [0.1, 0.15) is 19.3 Å². The first kappa shape index (κ1) is 55.2. The Morgan fingerprint density at radius 1 is 0.536 bits per heavy atom. The van der Waals surface area contributed by atoms with Gasteiger partial charge in [0.2, 0.25) is 0 Å². The van der Waals surface area contributed by atoms with Crippen LogP contribution in [-0.2, 0) is 27.9 Å². The number of allylic oxidation sites excluding steroid dienone is 2. The fourth-order valence-electron chi connectivity index (χ4n) is 6.84. The lowest BCUT2D eigenvalue weighted by Gasteiger charge is -2.28. The summed E-state index contributed by atoms with van der Waals surface area (Å²) in [6.07, 6.45) is 45.1. The monoisotopic (exact) mass is 816 g/mol. The van der Waals surface area contributed by atoms with E-state index in [-0.39, 0.29) is 25.8 Å². The number of ether oxygens (including phenoxy) is 2. The van der Waals surface area contributed by atoms with E-state index in [1.165, 1.54) is 173 Å². The van der Waals surface area contributed by atoms with E-state index in [2.05, 4.69) is 26.0 Å². The zero-order chi connectivity index (χ0) is 41.3. The maximum atomic E-state index is 12.7. The van der Waals surface area contributed by atoms with Crippen LogP contribution in [-0.4, -0.2) is 70.7 Å². The molecule has 2 atom stereocenters. The number of nitrogens with zero attached hydrogens (tertiary/aromatic N) is 1. The van der Waals surface area contributed by atoms with E-state index < -0.39 is 13.9 Å². The van der Waals surface area contributed by atoms with Gasteiger partial charge in [0.05, 0.1) is 34.4 Å². The molecule has 56 heavy (non-hydrogen) atoms. The molecule has 0 fully saturated rings. The van der Waals surface area contributed by atoms with Crippen molar-refractivity contribution in [3.8, 4) is 0 Å². The first-order chi connectivity index (χ1) is 27.1. The first-order valence-corrected chi connectivity index (χ1v) is 25.4. The minimum Gasteiger partial charge on any atom is -0.756 e. The lowest BCUT2D eigenvalue weighted by atomic mass is 10.0. The highest BCUT2D eigenvalue weighted by Gasteiger charge is 2.20. The Balaban J connectivity index is 4.13. The van der Waals surface area contributed by atoms with E-state index in [0.717, 1.165) is 32.1 Å². The number of phosphoric acid groups is 1. The van der Waals surface area contributed by atoms with E-state index in [1.807, 2.05) is 21.1 Å². The van der Waals surface area contributed by atoms with Crippen molar-refractivity contribution in [2.45, 2.75) is 232 Å². The third-order valence-electron chi connectivity index (χ3n) is 10.6. The highest BCUT2D eigenvalue weighted by atomic mass is 31.2. The number of likely N-dealkylation sites (N-methyl/N-ethyl adjacent to an activating group) is 1. The molecule has 0 aliphatic heterocycles. The second-order valence-corrected chi connectivity index (χ2v) is 18.9. The first-order valence-electron chi connectivity index (χ1n) is 23.9.